The molecule has 23 heavy (non-hydrogen) atoms. The summed E-state index contributed by atoms with van der Waals surface area (Å²) in [7, 11) is 1.78. The van der Waals surface area contributed by atoms with Gasteiger partial charge < -0.3 is 20.1 Å². The molecule has 0 radical (unpaired) electrons. The molecule has 0 heterocycles. The zero-order valence-electron chi connectivity index (χ0n) is 14.3. The fraction of sp³-hybridized carbons (Fsp3) is 0.611. The number of para-hydroxylation sites is 1. The van der Waals surface area contributed by atoms with Crippen LogP contribution < -0.4 is 15.4 Å². The molecule has 1 fully saturated rings. The number of ether oxygens (including phenoxy) is 2. The highest BCUT2D eigenvalue weighted by molar-refractivity contribution is 5.79. The predicted octanol–water partition coefficient (Wildman–Crippen LogP) is 2.36. The summed E-state index contributed by atoms with van der Waals surface area (Å²) in [5.74, 6) is 2.58. The van der Waals surface area contributed by atoms with Crippen molar-refractivity contribution in [1.29, 1.82) is 0 Å². The Kier molecular flexibility index (Phi) is 7.73. The second kappa shape index (κ2) is 10.1. The first-order valence-corrected chi connectivity index (χ1v) is 8.50. The van der Waals surface area contributed by atoms with Crippen molar-refractivity contribution in [2.45, 2.75) is 26.2 Å². The molecular formula is C18H29N3O2. The summed E-state index contributed by atoms with van der Waals surface area (Å²) in [5, 5.41) is 6.54. The van der Waals surface area contributed by atoms with Gasteiger partial charge in [0, 0.05) is 26.8 Å². The van der Waals surface area contributed by atoms with Gasteiger partial charge >= 0.3 is 0 Å². The Bertz CT molecular complexity index is 487. The molecule has 5 nitrogen and oxygen atoms in total. The van der Waals surface area contributed by atoms with Crippen LogP contribution in [0.2, 0.25) is 0 Å². The Labute approximate surface area is 139 Å². The van der Waals surface area contributed by atoms with Gasteiger partial charge in [-0.25, -0.2) is 0 Å². The largest absolute Gasteiger partial charge is 0.491 e. The average Bonchev–Trinajstić information content (AvgIpc) is 3.38. The Morgan fingerprint density at radius 2 is 1.96 bits per heavy atom. The maximum atomic E-state index is 5.75. The van der Waals surface area contributed by atoms with Gasteiger partial charge in [-0.1, -0.05) is 18.2 Å². The molecule has 0 bridgehead atoms. The molecule has 1 saturated carbocycles. The van der Waals surface area contributed by atoms with Crippen LogP contribution in [0.5, 0.6) is 5.75 Å². The number of hydrogen-bond acceptors (Lipinski definition) is 3. The number of rotatable bonds is 10. The fourth-order valence-electron chi connectivity index (χ4n) is 2.18. The van der Waals surface area contributed by atoms with Crippen LogP contribution in [-0.2, 0) is 4.74 Å². The maximum absolute atomic E-state index is 5.75. The van der Waals surface area contributed by atoms with E-state index in [1.54, 1.807) is 7.05 Å². The van der Waals surface area contributed by atoms with Crippen molar-refractivity contribution in [1.82, 2.24) is 10.6 Å². The minimum atomic E-state index is 0.607. The molecule has 128 valence electrons. The SMILES string of the molecule is CN=C(NCCCOCC1CC1)NCCOc1ccccc1C. The number of nitrogens with one attached hydrogen (secondary N) is 2. The van der Waals surface area contributed by atoms with Crippen LogP contribution in [0.1, 0.15) is 24.8 Å². The number of nitrogens with zero attached hydrogens (tertiary/aromatic N) is 1. The van der Waals surface area contributed by atoms with E-state index in [1.165, 1.54) is 12.8 Å². The molecule has 1 aromatic carbocycles. The Morgan fingerprint density at radius 3 is 2.70 bits per heavy atom. The standard InChI is InChI=1S/C18H29N3O2/c1-15-6-3-4-7-17(15)23-13-11-21-18(19-2)20-10-5-12-22-14-16-8-9-16/h3-4,6-7,16H,5,8-14H2,1-2H3,(H2,19,20,21). The summed E-state index contributed by atoms with van der Waals surface area (Å²) < 4.78 is 11.4. The van der Waals surface area contributed by atoms with Crippen LogP contribution in [0.3, 0.4) is 0 Å². The lowest BCUT2D eigenvalue weighted by molar-refractivity contribution is 0.123. The van der Waals surface area contributed by atoms with Crippen LogP contribution in [-0.4, -0.2) is 45.9 Å². The average molecular weight is 319 g/mol. The molecule has 1 aliphatic rings. The lowest BCUT2D eigenvalue weighted by atomic mass is 10.2. The van der Waals surface area contributed by atoms with E-state index in [-0.39, 0.29) is 0 Å². The normalized spacial score (nSPS) is 14.6. The van der Waals surface area contributed by atoms with Gasteiger partial charge in [0.05, 0.1) is 6.54 Å². The van der Waals surface area contributed by atoms with Crippen molar-refractivity contribution in [3.63, 3.8) is 0 Å². The molecule has 0 amide bonds. The molecule has 0 unspecified atom stereocenters. The van der Waals surface area contributed by atoms with Gasteiger partial charge in [0.1, 0.15) is 12.4 Å². The van der Waals surface area contributed by atoms with Crippen molar-refractivity contribution in [2.75, 3.05) is 40.0 Å². The van der Waals surface area contributed by atoms with E-state index in [2.05, 4.69) is 28.6 Å². The fourth-order valence-corrected chi connectivity index (χ4v) is 2.18. The smallest absolute Gasteiger partial charge is 0.191 e. The molecule has 0 spiro atoms. The highest BCUT2D eigenvalue weighted by atomic mass is 16.5. The van der Waals surface area contributed by atoms with Crippen molar-refractivity contribution in [2.24, 2.45) is 10.9 Å². The Balaban J connectivity index is 1.49. The van der Waals surface area contributed by atoms with Crippen molar-refractivity contribution in [3.8, 4) is 5.75 Å². The van der Waals surface area contributed by atoms with Gasteiger partial charge in [0.15, 0.2) is 5.96 Å². The van der Waals surface area contributed by atoms with Gasteiger partial charge in [-0.3, -0.25) is 4.99 Å². The van der Waals surface area contributed by atoms with Gasteiger partial charge in [0.25, 0.3) is 0 Å². The maximum Gasteiger partial charge on any atom is 0.191 e. The van der Waals surface area contributed by atoms with Crippen LogP contribution in [0.25, 0.3) is 0 Å². The van der Waals surface area contributed by atoms with E-state index in [9.17, 15) is 0 Å². The third kappa shape index (κ3) is 7.37. The van der Waals surface area contributed by atoms with Crippen molar-refractivity contribution < 1.29 is 9.47 Å². The zero-order valence-corrected chi connectivity index (χ0v) is 14.3. The Hall–Kier alpha value is -1.75. The molecular weight excluding hydrogens is 290 g/mol. The van der Waals surface area contributed by atoms with Crippen LogP contribution >= 0.6 is 0 Å². The third-order valence-electron chi connectivity index (χ3n) is 3.78. The van der Waals surface area contributed by atoms with Gasteiger partial charge in [-0.05, 0) is 43.7 Å². The van der Waals surface area contributed by atoms with Crippen molar-refractivity contribution >= 4 is 5.96 Å². The van der Waals surface area contributed by atoms with E-state index in [0.29, 0.717) is 13.2 Å². The summed E-state index contributed by atoms with van der Waals surface area (Å²) in [6.45, 7) is 5.99. The van der Waals surface area contributed by atoms with Crippen molar-refractivity contribution in [3.05, 3.63) is 29.8 Å². The Morgan fingerprint density at radius 1 is 1.17 bits per heavy atom. The third-order valence-corrected chi connectivity index (χ3v) is 3.78. The van der Waals surface area contributed by atoms with E-state index in [1.807, 2.05) is 18.2 Å². The molecule has 5 heteroatoms. The van der Waals surface area contributed by atoms with Crippen LogP contribution in [0.15, 0.2) is 29.3 Å². The summed E-state index contributed by atoms with van der Waals surface area (Å²) in [6.07, 6.45) is 3.69. The van der Waals surface area contributed by atoms with Gasteiger partial charge in [0.2, 0.25) is 0 Å². The highest BCUT2D eigenvalue weighted by Crippen LogP contribution is 2.28. The highest BCUT2D eigenvalue weighted by Gasteiger charge is 2.20. The molecule has 2 rings (SSSR count). The molecule has 0 atom stereocenters. The van der Waals surface area contributed by atoms with Gasteiger partial charge in [-0.15, -0.1) is 0 Å². The van der Waals surface area contributed by atoms with E-state index >= 15 is 0 Å². The number of hydrogen-bond donors (Lipinski definition) is 2. The van der Waals surface area contributed by atoms with E-state index in [0.717, 1.165) is 49.4 Å². The molecule has 0 aromatic heterocycles. The summed E-state index contributed by atoms with van der Waals surface area (Å²) in [4.78, 5) is 4.20. The monoisotopic (exact) mass is 319 g/mol. The number of aliphatic imine (C=N–C) groups is 1. The second-order valence-electron chi connectivity index (χ2n) is 5.91. The summed E-state index contributed by atoms with van der Waals surface area (Å²) >= 11 is 0. The molecule has 1 aliphatic carbocycles. The topological polar surface area (TPSA) is 54.9 Å². The van der Waals surface area contributed by atoms with E-state index < -0.39 is 0 Å². The van der Waals surface area contributed by atoms with E-state index in [4.69, 9.17) is 9.47 Å². The lowest BCUT2D eigenvalue weighted by Gasteiger charge is -2.13. The van der Waals surface area contributed by atoms with Gasteiger partial charge in [-0.2, -0.15) is 0 Å². The summed E-state index contributed by atoms with van der Waals surface area (Å²) in [5.41, 5.74) is 1.15. The first-order valence-electron chi connectivity index (χ1n) is 8.50. The molecule has 1 aromatic rings. The molecule has 0 saturated heterocycles. The number of guanidine groups is 1. The minimum Gasteiger partial charge on any atom is -0.491 e. The van der Waals surface area contributed by atoms with Crippen LogP contribution in [0.4, 0.5) is 0 Å². The second-order valence-corrected chi connectivity index (χ2v) is 5.91. The van der Waals surface area contributed by atoms with Crippen LogP contribution in [0, 0.1) is 12.8 Å². The minimum absolute atomic E-state index is 0.607. The number of benzene rings is 1. The lowest BCUT2D eigenvalue weighted by Crippen LogP contribution is -2.39. The predicted molar refractivity (Wildman–Crippen MR) is 94.2 cm³/mol. The molecule has 0 aliphatic heterocycles. The number of aryl methyl sites for hydroxylation is 1. The quantitative estimate of drug-likeness (QED) is 0.395. The first-order chi connectivity index (χ1) is 11.3. The first kappa shape index (κ1) is 17.6. The molecule has 2 N–H and O–H groups in total. The summed E-state index contributed by atoms with van der Waals surface area (Å²) in [6, 6.07) is 8.04. The zero-order chi connectivity index (χ0) is 16.3.